The SMILES string of the molecule is CC(C)(C)OC(=O)N(C/C=C/C(=O)c1ccccc1)Cc1cc2ccccc2[nH]1. The zero-order chi connectivity index (χ0) is 20.9. The average molecular weight is 390 g/mol. The van der Waals surface area contributed by atoms with E-state index in [0.29, 0.717) is 12.1 Å². The molecule has 1 aromatic heterocycles. The van der Waals surface area contributed by atoms with Gasteiger partial charge in [0.2, 0.25) is 0 Å². The third kappa shape index (κ3) is 5.82. The fourth-order valence-corrected chi connectivity index (χ4v) is 2.94. The van der Waals surface area contributed by atoms with Crippen molar-refractivity contribution in [3.63, 3.8) is 0 Å². The van der Waals surface area contributed by atoms with Gasteiger partial charge in [0.1, 0.15) is 5.60 Å². The second-order valence-electron chi connectivity index (χ2n) is 7.88. The van der Waals surface area contributed by atoms with Crippen LogP contribution in [0.2, 0.25) is 0 Å². The fourth-order valence-electron chi connectivity index (χ4n) is 2.94. The molecule has 0 saturated carbocycles. The molecule has 1 N–H and O–H groups in total. The van der Waals surface area contributed by atoms with Crippen LogP contribution in [0.3, 0.4) is 0 Å². The van der Waals surface area contributed by atoms with Crippen LogP contribution < -0.4 is 0 Å². The number of aromatic nitrogens is 1. The van der Waals surface area contributed by atoms with Crippen LogP contribution >= 0.6 is 0 Å². The van der Waals surface area contributed by atoms with Gasteiger partial charge >= 0.3 is 6.09 Å². The Labute approximate surface area is 171 Å². The summed E-state index contributed by atoms with van der Waals surface area (Å²) in [6, 6.07) is 19.0. The van der Waals surface area contributed by atoms with Gasteiger partial charge in [-0.05, 0) is 44.4 Å². The first-order valence-corrected chi connectivity index (χ1v) is 9.62. The molecule has 150 valence electrons. The smallest absolute Gasteiger partial charge is 0.410 e. The molecule has 0 saturated heterocycles. The molecule has 5 nitrogen and oxygen atoms in total. The Morgan fingerprint density at radius 2 is 1.72 bits per heavy atom. The molecule has 1 heterocycles. The number of fused-ring (bicyclic) bond motifs is 1. The van der Waals surface area contributed by atoms with Crippen molar-refractivity contribution in [3.05, 3.63) is 84.1 Å². The van der Waals surface area contributed by atoms with Gasteiger partial charge in [-0.25, -0.2) is 4.79 Å². The van der Waals surface area contributed by atoms with Gasteiger partial charge in [0, 0.05) is 23.3 Å². The van der Waals surface area contributed by atoms with Crippen molar-refractivity contribution < 1.29 is 14.3 Å². The second-order valence-corrected chi connectivity index (χ2v) is 7.88. The lowest BCUT2D eigenvalue weighted by Crippen LogP contribution is -2.36. The lowest BCUT2D eigenvalue weighted by molar-refractivity contribution is 0.0254. The zero-order valence-corrected chi connectivity index (χ0v) is 17.0. The van der Waals surface area contributed by atoms with E-state index in [4.69, 9.17) is 4.74 Å². The molecule has 5 heteroatoms. The molecule has 0 fully saturated rings. The molecule has 0 bridgehead atoms. The molecule has 0 atom stereocenters. The minimum absolute atomic E-state index is 0.0969. The highest BCUT2D eigenvalue weighted by Gasteiger charge is 2.22. The molecule has 3 aromatic rings. The highest BCUT2D eigenvalue weighted by molar-refractivity contribution is 6.04. The molecular weight excluding hydrogens is 364 g/mol. The Morgan fingerprint density at radius 1 is 1.03 bits per heavy atom. The number of H-pyrrole nitrogens is 1. The van der Waals surface area contributed by atoms with Crippen LogP contribution in [0.5, 0.6) is 0 Å². The first-order chi connectivity index (χ1) is 13.8. The number of rotatable bonds is 6. The van der Waals surface area contributed by atoms with E-state index >= 15 is 0 Å². The minimum atomic E-state index is -0.598. The van der Waals surface area contributed by atoms with E-state index in [1.807, 2.05) is 69.3 Å². The summed E-state index contributed by atoms with van der Waals surface area (Å²) in [5.74, 6) is -0.0969. The standard InChI is InChI=1S/C24H26N2O3/c1-24(2,3)29-23(28)26(15-9-14-22(27)18-10-5-4-6-11-18)17-20-16-19-12-7-8-13-21(19)25-20/h4-14,16,25H,15,17H2,1-3H3/b14-9+. The van der Waals surface area contributed by atoms with Crippen molar-refractivity contribution in [2.45, 2.75) is 32.9 Å². The summed E-state index contributed by atoms with van der Waals surface area (Å²) >= 11 is 0. The molecule has 0 unspecified atom stereocenters. The quantitative estimate of drug-likeness (QED) is 0.456. The summed E-state index contributed by atoms with van der Waals surface area (Å²) in [6.07, 6.45) is 2.77. The Kier molecular flexibility index (Phi) is 6.17. The van der Waals surface area contributed by atoms with Crippen molar-refractivity contribution in [3.8, 4) is 0 Å². The van der Waals surface area contributed by atoms with Crippen LogP contribution in [-0.4, -0.2) is 33.9 Å². The number of benzene rings is 2. The Morgan fingerprint density at radius 3 is 2.41 bits per heavy atom. The summed E-state index contributed by atoms with van der Waals surface area (Å²) in [4.78, 5) is 29.9. The van der Waals surface area contributed by atoms with Crippen LogP contribution in [0, 0.1) is 0 Å². The van der Waals surface area contributed by atoms with Gasteiger partial charge in [0.05, 0.1) is 6.54 Å². The topological polar surface area (TPSA) is 62.4 Å². The number of ether oxygens (including phenoxy) is 1. The lowest BCUT2D eigenvalue weighted by atomic mass is 10.1. The average Bonchev–Trinajstić information content (AvgIpc) is 3.09. The van der Waals surface area contributed by atoms with Crippen LogP contribution in [-0.2, 0) is 11.3 Å². The normalized spacial score (nSPS) is 11.7. The van der Waals surface area contributed by atoms with E-state index in [-0.39, 0.29) is 12.3 Å². The number of hydrogen-bond acceptors (Lipinski definition) is 3. The van der Waals surface area contributed by atoms with Crippen LogP contribution in [0.4, 0.5) is 4.79 Å². The monoisotopic (exact) mass is 390 g/mol. The first-order valence-electron chi connectivity index (χ1n) is 9.62. The Hall–Kier alpha value is -3.34. The van der Waals surface area contributed by atoms with Gasteiger partial charge in [0.15, 0.2) is 5.78 Å². The maximum atomic E-state index is 12.7. The van der Waals surface area contributed by atoms with Gasteiger partial charge in [-0.15, -0.1) is 0 Å². The molecule has 0 aliphatic rings. The highest BCUT2D eigenvalue weighted by atomic mass is 16.6. The van der Waals surface area contributed by atoms with Crippen LogP contribution in [0.15, 0.2) is 72.8 Å². The molecule has 0 spiro atoms. The highest BCUT2D eigenvalue weighted by Crippen LogP contribution is 2.18. The van der Waals surface area contributed by atoms with Gasteiger partial charge in [-0.1, -0.05) is 54.6 Å². The number of amides is 1. The van der Waals surface area contributed by atoms with E-state index in [0.717, 1.165) is 16.6 Å². The van der Waals surface area contributed by atoms with Gasteiger partial charge in [-0.3, -0.25) is 9.69 Å². The van der Waals surface area contributed by atoms with Crippen molar-refractivity contribution in [2.75, 3.05) is 6.54 Å². The number of hydrogen-bond donors (Lipinski definition) is 1. The summed E-state index contributed by atoms with van der Waals surface area (Å²) < 4.78 is 5.54. The summed E-state index contributed by atoms with van der Waals surface area (Å²) in [7, 11) is 0. The number of aromatic amines is 1. The van der Waals surface area contributed by atoms with Gasteiger partial charge < -0.3 is 9.72 Å². The molecule has 1 amide bonds. The molecule has 0 aliphatic carbocycles. The number of para-hydroxylation sites is 1. The number of ketones is 1. The van der Waals surface area contributed by atoms with Gasteiger partial charge in [-0.2, -0.15) is 0 Å². The van der Waals surface area contributed by atoms with Crippen LogP contribution in [0.1, 0.15) is 36.8 Å². The van der Waals surface area contributed by atoms with E-state index in [1.54, 1.807) is 23.1 Å². The third-order valence-corrected chi connectivity index (χ3v) is 4.25. The van der Waals surface area contributed by atoms with Crippen LogP contribution in [0.25, 0.3) is 10.9 Å². The first kappa shape index (κ1) is 20.4. The van der Waals surface area contributed by atoms with E-state index in [2.05, 4.69) is 4.98 Å². The van der Waals surface area contributed by atoms with E-state index in [9.17, 15) is 9.59 Å². The summed E-state index contributed by atoms with van der Waals surface area (Å²) in [5.41, 5.74) is 1.93. The van der Waals surface area contributed by atoms with E-state index in [1.165, 1.54) is 6.08 Å². The predicted molar refractivity (Wildman–Crippen MR) is 115 cm³/mol. The lowest BCUT2D eigenvalue weighted by Gasteiger charge is -2.26. The van der Waals surface area contributed by atoms with Crippen molar-refractivity contribution in [1.82, 2.24) is 9.88 Å². The van der Waals surface area contributed by atoms with Gasteiger partial charge in [0.25, 0.3) is 0 Å². The number of carbonyl (C=O) groups is 2. The maximum Gasteiger partial charge on any atom is 0.410 e. The minimum Gasteiger partial charge on any atom is -0.444 e. The van der Waals surface area contributed by atoms with Crippen molar-refractivity contribution in [1.29, 1.82) is 0 Å². The summed E-state index contributed by atoms with van der Waals surface area (Å²) in [5, 5.41) is 1.08. The van der Waals surface area contributed by atoms with Crippen molar-refractivity contribution in [2.24, 2.45) is 0 Å². The largest absolute Gasteiger partial charge is 0.444 e. The molecule has 29 heavy (non-hydrogen) atoms. The zero-order valence-electron chi connectivity index (χ0n) is 17.0. The molecular formula is C24H26N2O3. The molecule has 3 rings (SSSR count). The van der Waals surface area contributed by atoms with Crippen molar-refractivity contribution >= 4 is 22.8 Å². The van der Waals surface area contributed by atoms with E-state index < -0.39 is 11.7 Å². The molecule has 0 aliphatic heterocycles. The summed E-state index contributed by atoms with van der Waals surface area (Å²) in [6.45, 7) is 6.12. The number of nitrogens with one attached hydrogen (secondary N) is 1. The number of carbonyl (C=O) groups excluding carboxylic acids is 2. The number of nitrogens with zero attached hydrogens (tertiary/aromatic N) is 1. The number of allylic oxidation sites excluding steroid dienone is 1. The second kappa shape index (κ2) is 8.78. The molecule has 2 aromatic carbocycles. The third-order valence-electron chi connectivity index (χ3n) is 4.25. The molecule has 0 radical (unpaired) electrons. The predicted octanol–water partition coefficient (Wildman–Crippen LogP) is 5.34. The Bertz CT molecular complexity index is 980. The maximum absolute atomic E-state index is 12.7. The fraction of sp³-hybridized carbons (Fsp3) is 0.250. The Balaban J connectivity index is 1.74.